The zero-order chi connectivity index (χ0) is 17.3. The summed E-state index contributed by atoms with van der Waals surface area (Å²) >= 11 is 5.80. The molecular weight excluding hydrogens is 335 g/mol. The molecule has 1 saturated carbocycles. The largest absolute Gasteiger partial charge is 0.331 e. The Bertz CT molecular complexity index is 791. The van der Waals surface area contributed by atoms with Gasteiger partial charge in [-0.15, -0.1) is 0 Å². The highest BCUT2D eigenvalue weighted by molar-refractivity contribution is 6.31. The van der Waals surface area contributed by atoms with Crippen molar-refractivity contribution < 1.29 is 14.1 Å². The van der Waals surface area contributed by atoms with Crippen LogP contribution in [0.4, 0.5) is 10.1 Å². The second-order valence-electron chi connectivity index (χ2n) is 5.71. The zero-order valence-electron chi connectivity index (χ0n) is 12.6. The van der Waals surface area contributed by atoms with Gasteiger partial charge in [0.1, 0.15) is 11.4 Å². The van der Waals surface area contributed by atoms with Crippen LogP contribution in [0.15, 0.2) is 42.5 Å². The first kappa shape index (κ1) is 16.4. The van der Waals surface area contributed by atoms with Crippen LogP contribution >= 0.6 is 11.6 Å². The number of nitrogens with zero attached hydrogens (tertiary/aromatic N) is 2. The van der Waals surface area contributed by atoms with E-state index in [4.69, 9.17) is 11.6 Å². The molecular formula is C17H14ClFN2O3. The van der Waals surface area contributed by atoms with Crippen molar-refractivity contribution in [3.63, 3.8) is 0 Å². The molecule has 24 heavy (non-hydrogen) atoms. The van der Waals surface area contributed by atoms with Crippen LogP contribution in [-0.2, 0) is 6.54 Å². The minimum Gasteiger partial charge on any atom is -0.331 e. The second kappa shape index (κ2) is 6.57. The lowest BCUT2D eigenvalue weighted by Crippen LogP contribution is -2.33. The number of nitro groups is 1. The summed E-state index contributed by atoms with van der Waals surface area (Å²) in [6.07, 6.45) is 1.71. The van der Waals surface area contributed by atoms with Gasteiger partial charge in [-0.05, 0) is 42.7 Å². The van der Waals surface area contributed by atoms with Gasteiger partial charge in [-0.25, -0.2) is 4.39 Å². The summed E-state index contributed by atoms with van der Waals surface area (Å²) in [6.45, 7) is 0.281. The molecule has 2 aromatic rings. The molecule has 7 heteroatoms. The number of rotatable bonds is 5. The molecule has 1 aliphatic rings. The molecule has 0 aliphatic heterocycles. The van der Waals surface area contributed by atoms with Crippen molar-refractivity contribution in [3.8, 4) is 0 Å². The SMILES string of the molecule is O=C(c1ccc(Cl)cc1[N+](=O)[O-])N(Cc1ccc(F)cc1)C1CC1. The molecule has 0 heterocycles. The molecule has 0 aromatic heterocycles. The molecule has 0 bridgehead atoms. The van der Waals surface area contributed by atoms with Gasteiger partial charge in [-0.2, -0.15) is 0 Å². The Morgan fingerprint density at radius 1 is 1.25 bits per heavy atom. The van der Waals surface area contributed by atoms with Gasteiger partial charge in [0, 0.05) is 23.7 Å². The molecule has 0 unspecified atom stereocenters. The molecule has 2 aromatic carbocycles. The fourth-order valence-electron chi connectivity index (χ4n) is 2.53. The summed E-state index contributed by atoms with van der Waals surface area (Å²) in [5.74, 6) is -0.762. The average molecular weight is 349 g/mol. The molecule has 5 nitrogen and oxygen atoms in total. The van der Waals surface area contributed by atoms with E-state index in [0.29, 0.717) is 0 Å². The Hall–Kier alpha value is -2.47. The van der Waals surface area contributed by atoms with E-state index in [1.165, 1.54) is 30.3 Å². The Morgan fingerprint density at radius 2 is 1.92 bits per heavy atom. The number of nitro benzene ring substituents is 1. The van der Waals surface area contributed by atoms with E-state index < -0.39 is 10.8 Å². The predicted octanol–water partition coefficient (Wildman–Crippen LogP) is 4.19. The number of hydrogen-bond donors (Lipinski definition) is 0. The lowest BCUT2D eigenvalue weighted by molar-refractivity contribution is -0.385. The first-order valence-corrected chi connectivity index (χ1v) is 7.83. The smallest absolute Gasteiger partial charge is 0.283 e. The third-order valence-corrected chi connectivity index (χ3v) is 4.14. The number of benzene rings is 2. The van der Waals surface area contributed by atoms with E-state index in [-0.39, 0.29) is 34.7 Å². The van der Waals surface area contributed by atoms with Crippen molar-refractivity contribution in [2.24, 2.45) is 0 Å². The van der Waals surface area contributed by atoms with E-state index in [2.05, 4.69) is 0 Å². The van der Waals surface area contributed by atoms with Gasteiger partial charge in [-0.1, -0.05) is 23.7 Å². The van der Waals surface area contributed by atoms with Crippen LogP contribution in [0.2, 0.25) is 5.02 Å². The van der Waals surface area contributed by atoms with Crippen molar-refractivity contribution in [1.29, 1.82) is 0 Å². The normalized spacial score (nSPS) is 13.6. The number of hydrogen-bond acceptors (Lipinski definition) is 3. The molecule has 0 saturated heterocycles. The van der Waals surface area contributed by atoms with Gasteiger partial charge in [0.15, 0.2) is 0 Å². The molecule has 0 atom stereocenters. The maximum absolute atomic E-state index is 13.0. The van der Waals surface area contributed by atoms with Crippen molar-refractivity contribution in [2.45, 2.75) is 25.4 Å². The Balaban J connectivity index is 1.90. The fraction of sp³-hybridized carbons (Fsp3) is 0.235. The lowest BCUT2D eigenvalue weighted by atomic mass is 10.1. The second-order valence-corrected chi connectivity index (χ2v) is 6.15. The topological polar surface area (TPSA) is 63.4 Å². The molecule has 1 amide bonds. The summed E-state index contributed by atoms with van der Waals surface area (Å²) < 4.78 is 13.0. The van der Waals surface area contributed by atoms with Crippen LogP contribution in [0.1, 0.15) is 28.8 Å². The third-order valence-electron chi connectivity index (χ3n) is 3.90. The van der Waals surface area contributed by atoms with Crippen molar-refractivity contribution in [1.82, 2.24) is 4.90 Å². The highest BCUT2D eigenvalue weighted by Gasteiger charge is 2.35. The fourth-order valence-corrected chi connectivity index (χ4v) is 2.70. The maximum atomic E-state index is 13.0. The number of carbonyl (C=O) groups is 1. The van der Waals surface area contributed by atoms with E-state index >= 15 is 0 Å². The highest BCUT2D eigenvalue weighted by Crippen LogP contribution is 2.32. The summed E-state index contributed by atoms with van der Waals surface area (Å²) in [7, 11) is 0. The minimum absolute atomic E-state index is 0.0124. The van der Waals surface area contributed by atoms with Crippen LogP contribution in [-0.4, -0.2) is 21.8 Å². The van der Waals surface area contributed by atoms with Crippen LogP contribution < -0.4 is 0 Å². The predicted molar refractivity (Wildman–Crippen MR) is 87.4 cm³/mol. The summed E-state index contributed by atoms with van der Waals surface area (Å²) in [4.78, 5) is 25.0. The first-order valence-electron chi connectivity index (χ1n) is 7.45. The Labute approximate surface area is 142 Å². The summed E-state index contributed by atoms with van der Waals surface area (Å²) in [5.41, 5.74) is 0.476. The average Bonchev–Trinajstić information content (AvgIpc) is 3.38. The molecule has 1 fully saturated rings. The van der Waals surface area contributed by atoms with Crippen LogP contribution in [0.5, 0.6) is 0 Å². The first-order chi connectivity index (χ1) is 11.5. The van der Waals surface area contributed by atoms with Crippen molar-refractivity contribution in [3.05, 3.63) is 74.5 Å². The maximum Gasteiger partial charge on any atom is 0.283 e. The van der Waals surface area contributed by atoms with Gasteiger partial charge in [0.2, 0.25) is 0 Å². The van der Waals surface area contributed by atoms with Gasteiger partial charge >= 0.3 is 0 Å². The van der Waals surface area contributed by atoms with E-state index in [1.807, 2.05) is 0 Å². The Kier molecular flexibility index (Phi) is 4.49. The molecule has 0 radical (unpaired) electrons. The van der Waals surface area contributed by atoms with Crippen LogP contribution in [0.3, 0.4) is 0 Å². The monoisotopic (exact) mass is 348 g/mol. The number of carbonyl (C=O) groups excluding carboxylic acids is 1. The third kappa shape index (κ3) is 3.54. The van der Waals surface area contributed by atoms with Crippen molar-refractivity contribution in [2.75, 3.05) is 0 Å². The highest BCUT2D eigenvalue weighted by atomic mass is 35.5. The number of amides is 1. The van der Waals surface area contributed by atoms with Gasteiger partial charge in [0.25, 0.3) is 11.6 Å². The minimum atomic E-state index is -0.609. The van der Waals surface area contributed by atoms with Gasteiger partial charge < -0.3 is 4.90 Å². The zero-order valence-corrected chi connectivity index (χ0v) is 13.4. The molecule has 0 spiro atoms. The molecule has 3 rings (SSSR count). The molecule has 1 aliphatic carbocycles. The lowest BCUT2D eigenvalue weighted by Gasteiger charge is -2.22. The molecule has 124 valence electrons. The molecule has 0 N–H and O–H groups in total. The van der Waals surface area contributed by atoms with Crippen LogP contribution in [0, 0.1) is 15.9 Å². The summed E-state index contributed by atoms with van der Waals surface area (Å²) in [6, 6.07) is 9.94. The standard InChI is InChI=1S/C17H14ClFN2O3/c18-12-3-8-15(16(9-12)21(23)24)17(22)20(14-6-7-14)10-11-1-4-13(19)5-2-11/h1-5,8-9,14H,6-7,10H2. The van der Waals surface area contributed by atoms with Gasteiger partial charge in [0.05, 0.1) is 4.92 Å². The van der Waals surface area contributed by atoms with Crippen LogP contribution in [0.25, 0.3) is 0 Å². The quantitative estimate of drug-likeness (QED) is 0.601. The van der Waals surface area contributed by atoms with Gasteiger partial charge in [-0.3, -0.25) is 14.9 Å². The van der Waals surface area contributed by atoms with E-state index in [9.17, 15) is 19.3 Å². The summed E-state index contributed by atoms with van der Waals surface area (Å²) in [5, 5.41) is 11.4. The van der Waals surface area contributed by atoms with E-state index in [0.717, 1.165) is 18.4 Å². The number of halogens is 2. The Morgan fingerprint density at radius 3 is 2.50 bits per heavy atom. The van der Waals surface area contributed by atoms with Crippen molar-refractivity contribution >= 4 is 23.2 Å². The van der Waals surface area contributed by atoms with E-state index in [1.54, 1.807) is 17.0 Å².